The van der Waals surface area contributed by atoms with Crippen LogP contribution in [0, 0.1) is 0 Å². The zero-order valence-corrected chi connectivity index (χ0v) is 35.5. The molecule has 0 saturated heterocycles. The summed E-state index contributed by atoms with van der Waals surface area (Å²) in [5.41, 5.74) is 3.13. The minimum atomic E-state index is -1.00. The lowest BCUT2D eigenvalue weighted by molar-refractivity contribution is 0.0225. The third-order valence-electron chi connectivity index (χ3n) is 6.07. The van der Waals surface area contributed by atoms with Crippen LogP contribution in [0.4, 0.5) is 19.2 Å². The van der Waals surface area contributed by atoms with Crippen molar-refractivity contribution in [1.82, 2.24) is 9.80 Å². The van der Waals surface area contributed by atoms with Gasteiger partial charge in [0.25, 0.3) is 0 Å². The Kier molecular flexibility index (Phi) is 18.8. The molecule has 1 heterocycles. The molecule has 0 aliphatic carbocycles. The van der Waals surface area contributed by atoms with Crippen LogP contribution in [-0.2, 0) is 30.3 Å². The Bertz CT molecular complexity index is 1390. The van der Waals surface area contributed by atoms with Gasteiger partial charge in [-0.15, -0.1) is 16.3 Å². The van der Waals surface area contributed by atoms with Crippen LogP contribution in [0.2, 0.25) is 0 Å². The summed E-state index contributed by atoms with van der Waals surface area (Å²) in [5.74, 6) is -0.299. The second-order valence-corrected chi connectivity index (χ2v) is 17.7. The largest absolute Gasteiger partial charge is 0.443 e. The number of aliphatic imine (C=N–C) groups is 2. The normalized spacial score (nSPS) is 13.0. The first kappa shape index (κ1) is 46.8. The van der Waals surface area contributed by atoms with Crippen LogP contribution in [-0.4, -0.2) is 93.4 Å². The van der Waals surface area contributed by atoms with E-state index in [1.807, 2.05) is 0 Å². The van der Waals surface area contributed by atoms with Crippen molar-refractivity contribution in [2.75, 3.05) is 25.0 Å². The summed E-state index contributed by atoms with van der Waals surface area (Å²) < 4.78 is 28.1. The maximum Gasteiger partial charge on any atom is 0.437 e. The summed E-state index contributed by atoms with van der Waals surface area (Å²) in [6.07, 6.45) is 0.857. The van der Waals surface area contributed by atoms with Crippen LogP contribution >= 0.6 is 27.3 Å². The average Bonchev–Trinajstić information content (AvgIpc) is 3.41. The molecule has 0 aromatic carbocycles. The Morgan fingerprint density at radius 3 is 1.65 bits per heavy atom. The molecule has 4 amide bonds. The number of amidine groups is 1. The molecule has 0 fully saturated rings. The van der Waals surface area contributed by atoms with Crippen molar-refractivity contribution in [2.45, 2.75) is 144 Å². The quantitative estimate of drug-likeness (QED) is 0.0666. The molecule has 0 atom stereocenters. The van der Waals surface area contributed by atoms with E-state index < -0.39 is 46.8 Å². The van der Waals surface area contributed by atoms with E-state index in [9.17, 15) is 19.2 Å². The van der Waals surface area contributed by atoms with Gasteiger partial charge < -0.3 is 29.4 Å². The number of halogens is 1. The number of hydrogen-bond donors (Lipinski definition) is 1. The molecule has 0 saturated carbocycles. The third kappa shape index (κ3) is 20.7. The highest BCUT2D eigenvalue weighted by molar-refractivity contribution is 9.09. The van der Waals surface area contributed by atoms with Crippen molar-refractivity contribution in [3.63, 3.8) is 0 Å². The molecular formula is C36H60BrN5O9S. The second kappa shape index (κ2) is 20.9. The summed E-state index contributed by atoms with van der Waals surface area (Å²) in [5, 5.41) is 2.64. The van der Waals surface area contributed by atoms with Gasteiger partial charge in [-0.1, -0.05) is 35.2 Å². The van der Waals surface area contributed by atoms with Gasteiger partial charge in [-0.25, -0.2) is 29.0 Å². The number of rotatable bonds is 13. The first-order chi connectivity index (χ1) is 23.8. The van der Waals surface area contributed by atoms with Gasteiger partial charge in [0.1, 0.15) is 28.2 Å². The zero-order valence-electron chi connectivity index (χ0n) is 33.1. The lowest BCUT2D eigenvalue weighted by Crippen LogP contribution is -2.53. The van der Waals surface area contributed by atoms with E-state index in [-0.39, 0.29) is 38.1 Å². The van der Waals surface area contributed by atoms with Crippen LogP contribution in [0.25, 0.3) is 0 Å². The van der Waals surface area contributed by atoms with Gasteiger partial charge >= 0.3 is 24.4 Å². The molecule has 0 bridgehead atoms. The Morgan fingerprint density at radius 2 is 1.15 bits per heavy atom. The highest BCUT2D eigenvalue weighted by Crippen LogP contribution is 2.20. The van der Waals surface area contributed by atoms with E-state index in [1.54, 1.807) is 94.5 Å². The summed E-state index contributed by atoms with van der Waals surface area (Å²) in [6, 6.07) is 1.73. The number of carbonyl (C=O) groups is 4. The fraction of sp³-hybridized carbons (Fsp3) is 0.722. The van der Waals surface area contributed by atoms with Crippen molar-refractivity contribution in [3.05, 3.63) is 21.9 Å². The molecule has 1 aromatic rings. The Morgan fingerprint density at radius 1 is 0.692 bits per heavy atom. The molecule has 0 radical (unpaired) electrons. The Hall–Kier alpha value is -3.24. The van der Waals surface area contributed by atoms with Crippen LogP contribution < -0.4 is 5.73 Å². The smallest absolute Gasteiger partial charge is 0.437 e. The molecular weight excluding hydrogens is 758 g/mol. The van der Waals surface area contributed by atoms with Gasteiger partial charge in [-0.3, -0.25) is 0 Å². The number of nitrogens with two attached hydrogens (primary N) is 1. The van der Waals surface area contributed by atoms with Crippen LogP contribution in [0.3, 0.4) is 0 Å². The van der Waals surface area contributed by atoms with Gasteiger partial charge in [0.05, 0.1) is 19.8 Å². The Balaban J connectivity index is 3.45. The monoisotopic (exact) mass is 817 g/mol. The molecule has 2 N–H and O–H groups in total. The second-order valence-electron chi connectivity index (χ2n) is 15.9. The zero-order chi connectivity index (χ0) is 39.9. The number of alkyl halides is 1. The molecule has 52 heavy (non-hydrogen) atoms. The molecule has 0 unspecified atom stereocenters. The molecule has 14 nitrogen and oxygen atoms in total. The van der Waals surface area contributed by atoms with E-state index in [1.165, 1.54) is 16.2 Å². The minimum Gasteiger partial charge on any atom is -0.443 e. The number of thiophene rings is 1. The maximum atomic E-state index is 13.8. The van der Waals surface area contributed by atoms with E-state index >= 15 is 0 Å². The summed E-state index contributed by atoms with van der Waals surface area (Å²) >= 11 is 4.79. The van der Waals surface area contributed by atoms with E-state index in [4.69, 9.17) is 29.4 Å². The molecule has 1 rings (SSSR count). The van der Waals surface area contributed by atoms with Crippen molar-refractivity contribution in [2.24, 2.45) is 15.7 Å². The van der Waals surface area contributed by atoms with Crippen molar-refractivity contribution in [1.29, 1.82) is 0 Å². The number of amides is 4. The van der Waals surface area contributed by atoms with Crippen molar-refractivity contribution in [3.8, 4) is 0 Å². The lowest BCUT2D eigenvalue weighted by Gasteiger charge is -2.34. The van der Waals surface area contributed by atoms with Crippen molar-refractivity contribution < 1.29 is 42.9 Å². The summed E-state index contributed by atoms with van der Waals surface area (Å²) in [7, 11) is 0. The SMILES string of the molecule is CC(C)(C)OC(=O)/N=C(/N(CCCCCCCBr)C(=O)OC(C)(C)C)N(CCOCc1cc(/C(N)=N\C(=O)OC(C)(C)C)cs1)C(=O)OC(C)(C)C. The predicted molar refractivity (Wildman–Crippen MR) is 207 cm³/mol. The molecule has 1 aromatic heterocycles. The number of hydrogen-bond acceptors (Lipinski definition) is 10. The van der Waals surface area contributed by atoms with Gasteiger partial charge in [-0.2, -0.15) is 4.99 Å². The molecule has 0 aliphatic rings. The standard InChI is InChI=1S/C36H60BrN5O9S/c1-33(2,3)48-29(43)39-27(38)25-22-26(52-24-25)23-47-21-20-42(32(46)51-36(10,11)12)28(40-30(44)49-34(4,5)6)41(31(45)50-35(7,8)9)19-17-15-13-14-16-18-37/h22,24H,13-21,23H2,1-12H3,(H2,38,39,43)/b40-28-. The first-order valence-electron chi connectivity index (χ1n) is 17.4. The van der Waals surface area contributed by atoms with Crippen LogP contribution in [0.1, 0.15) is 126 Å². The van der Waals surface area contributed by atoms with Crippen molar-refractivity contribution >= 4 is 63.4 Å². The third-order valence-corrected chi connectivity index (χ3v) is 7.54. The maximum absolute atomic E-state index is 13.8. The van der Waals surface area contributed by atoms with Gasteiger partial charge in [0, 0.05) is 27.7 Å². The van der Waals surface area contributed by atoms with E-state index in [0.717, 1.165) is 40.8 Å². The highest BCUT2D eigenvalue weighted by Gasteiger charge is 2.35. The molecule has 0 aliphatic heterocycles. The van der Waals surface area contributed by atoms with Gasteiger partial charge in [0.15, 0.2) is 0 Å². The highest BCUT2D eigenvalue weighted by atomic mass is 79.9. The van der Waals surface area contributed by atoms with Gasteiger partial charge in [-0.05, 0) is 102 Å². The van der Waals surface area contributed by atoms with E-state index in [2.05, 4.69) is 25.9 Å². The summed E-state index contributed by atoms with van der Waals surface area (Å²) in [4.78, 5) is 63.9. The molecule has 296 valence electrons. The lowest BCUT2D eigenvalue weighted by atomic mass is 10.1. The molecule has 16 heteroatoms. The Labute approximate surface area is 321 Å². The fourth-order valence-electron chi connectivity index (χ4n) is 4.07. The fourth-order valence-corrected chi connectivity index (χ4v) is 5.28. The van der Waals surface area contributed by atoms with Gasteiger partial charge in [0.2, 0.25) is 5.96 Å². The number of unbranched alkanes of at least 4 members (excludes halogenated alkanes) is 4. The predicted octanol–water partition coefficient (Wildman–Crippen LogP) is 9.02. The van der Waals surface area contributed by atoms with Crippen LogP contribution in [0.15, 0.2) is 21.4 Å². The number of guanidine groups is 1. The molecule has 0 spiro atoms. The van der Waals surface area contributed by atoms with Crippen LogP contribution in [0.5, 0.6) is 0 Å². The summed E-state index contributed by atoms with van der Waals surface area (Å²) in [6.45, 7) is 20.6. The topological polar surface area (TPSA) is 172 Å². The first-order valence-corrected chi connectivity index (χ1v) is 19.4. The number of nitrogens with zero attached hydrogens (tertiary/aromatic N) is 4. The number of ether oxygens (including phenoxy) is 5. The van der Waals surface area contributed by atoms with E-state index in [0.29, 0.717) is 12.0 Å². The minimum absolute atomic E-state index is 0.00111. The average molecular weight is 819 g/mol. The number of carbonyl (C=O) groups excluding carboxylic acids is 4.